The summed E-state index contributed by atoms with van der Waals surface area (Å²) in [7, 11) is 0. The molecule has 1 aromatic heterocycles. The Kier molecular flexibility index (Phi) is 4.54. The second-order valence-corrected chi connectivity index (χ2v) is 3.22. The molecule has 0 spiro atoms. The summed E-state index contributed by atoms with van der Waals surface area (Å²) in [6.07, 6.45) is 3.84. The Morgan fingerprint density at radius 2 is 2.31 bits per heavy atom. The fourth-order valence-electron chi connectivity index (χ4n) is 0.954. The average molecular weight is 200 g/mol. The Bertz CT molecular complexity index is 252. The number of unbranched alkanes of at least 4 members (excludes halogenated alkanes) is 1. The van der Waals surface area contributed by atoms with E-state index in [1.54, 1.807) is 6.20 Å². The molecule has 1 N–H and O–H groups in total. The predicted molar refractivity (Wildman–Crippen MR) is 55.2 cm³/mol. The van der Waals surface area contributed by atoms with Gasteiger partial charge in [0.15, 0.2) is 0 Å². The molecule has 0 aliphatic rings. The van der Waals surface area contributed by atoms with Crippen LogP contribution in [0.3, 0.4) is 0 Å². The summed E-state index contributed by atoms with van der Waals surface area (Å²) in [5.74, 6) is 1.42. The van der Waals surface area contributed by atoms with E-state index < -0.39 is 0 Å². The van der Waals surface area contributed by atoms with E-state index in [9.17, 15) is 0 Å². The fourth-order valence-corrected chi connectivity index (χ4v) is 1.14. The molecule has 1 rings (SSSR count). The van der Waals surface area contributed by atoms with E-state index in [4.69, 9.17) is 11.6 Å². The van der Waals surface area contributed by atoms with Gasteiger partial charge in [-0.3, -0.25) is 0 Å². The van der Waals surface area contributed by atoms with E-state index in [2.05, 4.69) is 15.3 Å². The van der Waals surface area contributed by atoms with Crippen molar-refractivity contribution in [1.82, 2.24) is 9.97 Å². The molecule has 13 heavy (non-hydrogen) atoms. The topological polar surface area (TPSA) is 37.8 Å². The van der Waals surface area contributed by atoms with Gasteiger partial charge in [-0.15, -0.1) is 11.6 Å². The van der Waals surface area contributed by atoms with Crippen LogP contribution in [0, 0.1) is 6.92 Å². The summed E-state index contributed by atoms with van der Waals surface area (Å²) >= 11 is 5.55. The van der Waals surface area contributed by atoms with Crippen LogP contribution in [0.5, 0.6) is 0 Å². The third-order valence-electron chi connectivity index (χ3n) is 1.64. The number of alkyl halides is 1. The first-order chi connectivity index (χ1) is 6.33. The highest BCUT2D eigenvalue weighted by molar-refractivity contribution is 6.17. The number of aryl methyl sites for hydroxylation is 1. The maximum absolute atomic E-state index is 5.55. The number of hydrogen-bond acceptors (Lipinski definition) is 3. The van der Waals surface area contributed by atoms with Crippen molar-refractivity contribution < 1.29 is 0 Å². The normalized spacial score (nSPS) is 10.0. The van der Waals surface area contributed by atoms with Gasteiger partial charge in [0.05, 0.1) is 0 Å². The van der Waals surface area contributed by atoms with E-state index in [1.165, 1.54) is 0 Å². The summed E-state index contributed by atoms with van der Waals surface area (Å²) in [6.45, 7) is 2.84. The molecule has 0 aliphatic heterocycles. The molecular formula is C9H14ClN3. The van der Waals surface area contributed by atoms with Crippen LogP contribution in [0.25, 0.3) is 0 Å². The second-order valence-electron chi connectivity index (χ2n) is 2.84. The number of halogens is 1. The van der Waals surface area contributed by atoms with E-state index in [-0.39, 0.29) is 0 Å². The Labute approximate surface area is 83.5 Å². The first-order valence-corrected chi connectivity index (χ1v) is 4.96. The lowest BCUT2D eigenvalue weighted by atomic mass is 10.3. The van der Waals surface area contributed by atoms with Crippen molar-refractivity contribution in [2.24, 2.45) is 0 Å². The molecule has 1 heterocycles. The lowest BCUT2D eigenvalue weighted by molar-refractivity contribution is 0.830. The molecule has 4 heteroatoms. The molecular weight excluding hydrogens is 186 g/mol. The Hall–Kier alpha value is -0.830. The van der Waals surface area contributed by atoms with Crippen molar-refractivity contribution in [3.63, 3.8) is 0 Å². The van der Waals surface area contributed by atoms with Gasteiger partial charge >= 0.3 is 0 Å². The first-order valence-electron chi connectivity index (χ1n) is 4.42. The minimum Gasteiger partial charge on any atom is -0.354 e. The minimum atomic E-state index is 0.703. The van der Waals surface area contributed by atoms with Gasteiger partial charge in [-0.05, 0) is 25.8 Å². The van der Waals surface area contributed by atoms with Crippen LogP contribution in [0.4, 0.5) is 5.95 Å². The number of nitrogens with zero attached hydrogens (tertiary/aromatic N) is 2. The van der Waals surface area contributed by atoms with E-state index in [0.717, 1.165) is 31.0 Å². The zero-order valence-electron chi connectivity index (χ0n) is 7.76. The minimum absolute atomic E-state index is 0.703. The van der Waals surface area contributed by atoms with Crippen LogP contribution in [0.1, 0.15) is 18.5 Å². The van der Waals surface area contributed by atoms with Gasteiger partial charge < -0.3 is 5.32 Å². The van der Waals surface area contributed by atoms with Crippen LogP contribution in [0.2, 0.25) is 0 Å². The molecule has 0 fully saturated rings. The van der Waals surface area contributed by atoms with Crippen molar-refractivity contribution in [3.05, 3.63) is 18.0 Å². The number of aromatic nitrogens is 2. The van der Waals surface area contributed by atoms with Crippen LogP contribution in [-0.4, -0.2) is 22.4 Å². The SMILES string of the molecule is Cc1ccnc(NCCCCCl)n1. The van der Waals surface area contributed by atoms with Crippen LogP contribution >= 0.6 is 11.6 Å². The van der Waals surface area contributed by atoms with Gasteiger partial charge in [0.1, 0.15) is 0 Å². The Morgan fingerprint density at radius 3 is 3.00 bits per heavy atom. The van der Waals surface area contributed by atoms with E-state index in [0.29, 0.717) is 5.95 Å². The summed E-state index contributed by atoms with van der Waals surface area (Å²) in [6, 6.07) is 1.88. The lowest BCUT2D eigenvalue weighted by Crippen LogP contribution is -2.05. The first kappa shape index (κ1) is 10.3. The number of nitrogens with one attached hydrogen (secondary N) is 1. The van der Waals surface area contributed by atoms with Gasteiger partial charge in [-0.25, -0.2) is 9.97 Å². The maximum atomic E-state index is 5.55. The molecule has 0 radical (unpaired) electrons. The van der Waals surface area contributed by atoms with Crippen LogP contribution < -0.4 is 5.32 Å². The van der Waals surface area contributed by atoms with E-state index >= 15 is 0 Å². The van der Waals surface area contributed by atoms with E-state index in [1.807, 2.05) is 13.0 Å². The number of hydrogen-bond donors (Lipinski definition) is 1. The Balaban J connectivity index is 2.28. The van der Waals surface area contributed by atoms with Crippen molar-refractivity contribution in [2.45, 2.75) is 19.8 Å². The third kappa shape index (κ3) is 4.08. The smallest absolute Gasteiger partial charge is 0.222 e. The van der Waals surface area contributed by atoms with Crippen molar-refractivity contribution in [2.75, 3.05) is 17.7 Å². The molecule has 0 bridgehead atoms. The zero-order chi connectivity index (χ0) is 9.52. The third-order valence-corrected chi connectivity index (χ3v) is 1.91. The summed E-state index contributed by atoms with van der Waals surface area (Å²) in [5.41, 5.74) is 0.981. The molecule has 0 saturated heterocycles. The van der Waals surface area contributed by atoms with Crippen molar-refractivity contribution >= 4 is 17.5 Å². The number of anilines is 1. The highest BCUT2D eigenvalue weighted by Crippen LogP contribution is 1.99. The highest BCUT2D eigenvalue weighted by Gasteiger charge is 1.93. The zero-order valence-corrected chi connectivity index (χ0v) is 8.51. The average Bonchev–Trinajstić information content (AvgIpc) is 2.13. The van der Waals surface area contributed by atoms with Gasteiger partial charge in [-0.1, -0.05) is 0 Å². The molecule has 1 aromatic rings. The molecule has 72 valence electrons. The predicted octanol–water partition coefficient (Wildman–Crippen LogP) is 2.22. The van der Waals surface area contributed by atoms with Crippen molar-refractivity contribution in [3.8, 4) is 0 Å². The number of rotatable bonds is 5. The van der Waals surface area contributed by atoms with Gasteiger partial charge in [0, 0.05) is 24.3 Å². The highest BCUT2D eigenvalue weighted by atomic mass is 35.5. The Morgan fingerprint density at radius 1 is 1.46 bits per heavy atom. The standard InChI is InChI=1S/C9H14ClN3/c1-8-4-7-12-9(13-8)11-6-3-2-5-10/h4,7H,2-3,5-6H2,1H3,(H,11,12,13). The van der Waals surface area contributed by atoms with Crippen molar-refractivity contribution in [1.29, 1.82) is 0 Å². The molecule has 0 aliphatic carbocycles. The quantitative estimate of drug-likeness (QED) is 0.584. The van der Waals surface area contributed by atoms with Gasteiger partial charge in [0.2, 0.25) is 5.95 Å². The summed E-state index contributed by atoms with van der Waals surface area (Å²) < 4.78 is 0. The largest absolute Gasteiger partial charge is 0.354 e. The molecule has 3 nitrogen and oxygen atoms in total. The molecule has 0 atom stereocenters. The van der Waals surface area contributed by atoms with Crippen LogP contribution in [0.15, 0.2) is 12.3 Å². The van der Waals surface area contributed by atoms with Gasteiger partial charge in [-0.2, -0.15) is 0 Å². The monoisotopic (exact) mass is 199 g/mol. The molecule has 0 aromatic carbocycles. The summed E-state index contributed by atoms with van der Waals surface area (Å²) in [4.78, 5) is 8.30. The van der Waals surface area contributed by atoms with Gasteiger partial charge in [0.25, 0.3) is 0 Å². The molecule has 0 amide bonds. The lowest BCUT2D eigenvalue weighted by Gasteiger charge is -2.03. The second kappa shape index (κ2) is 5.75. The summed E-state index contributed by atoms with van der Waals surface area (Å²) in [5, 5.41) is 3.14. The van der Waals surface area contributed by atoms with Crippen LogP contribution in [-0.2, 0) is 0 Å². The molecule has 0 unspecified atom stereocenters. The molecule has 0 saturated carbocycles. The fraction of sp³-hybridized carbons (Fsp3) is 0.556. The maximum Gasteiger partial charge on any atom is 0.222 e.